The molecular formula is C16H20N4O2S. The lowest BCUT2D eigenvalue weighted by molar-refractivity contribution is 0.159. The predicted molar refractivity (Wildman–Crippen MR) is 86.9 cm³/mol. The molecule has 1 saturated heterocycles. The summed E-state index contributed by atoms with van der Waals surface area (Å²) in [6, 6.07) is 5.25. The molecule has 6 nitrogen and oxygen atoms in total. The van der Waals surface area contributed by atoms with E-state index >= 15 is 0 Å². The van der Waals surface area contributed by atoms with Crippen molar-refractivity contribution in [1.82, 2.24) is 19.8 Å². The third-order valence-electron chi connectivity index (χ3n) is 5.12. The first-order valence-corrected chi connectivity index (χ1v) is 9.45. The van der Waals surface area contributed by atoms with Gasteiger partial charge in [0.1, 0.15) is 6.33 Å². The summed E-state index contributed by atoms with van der Waals surface area (Å²) < 4.78 is 25.5. The fraction of sp³-hybridized carbons (Fsp3) is 0.500. The number of hydrazine groups is 1. The monoisotopic (exact) mass is 332 g/mol. The van der Waals surface area contributed by atoms with Gasteiger partial charge in [-0.15, -0.1) is 4.83 Å². The van der Waals surface area contributed by atoms with E-state index in [0.29, 0.717) is 6.04 Å². The van der Waals surface area contributed by atoms with Crippen LogP contribution in [0.25, 0.3) is 10.9 Å². The van der Waals surface area contributed by atoms with Crippen molar-refractivity contribution in [3.8, 4) is 0 Å². The van der Waals surface area contributed by atoms with Gasteiger partial charge in [-0.2, -0.15) is 0 Å². The maximum atomic E-state index is 12.7. The predicted octanol–water partition coefficient (Wildman–Crippen LogP) is 2.09. The van der Waals surface area contributed by atoms with Gasteiger partial charge in [-0.25, -0.2) is 23.4 Å². The molecule has 2 aliphatic rings. The zero-order valence-electron chi connectivity index (χ0n) is 13.1. The van der Waals surface area contributed by atoms with Gasteiger partial charge in [-0.1, -0.05) is 6.92 Å². The molecule has 1 N–H and O–H groups in total. The lowest BCUT2D eigenvalue weighted by Crippen LogP contribution is -2.47. The van der Waals surface area contributed by atoms with Crippen molar-refractivity contribution in [3.05, 3.63) is 30.7 Å². The highest BCUT2D eigenvalue weighted by Gasteiger charge is 2.49. The van der Waals surface area contributed by atoms with Crippen molar-refractivity contribution < 1.29 is 8.42 Å². The molecule has 0 amide bonds. The van der Waals surface area contributed by atoms with Crippen LogP contribution in [0.3, 0.4) is 0 Å². The zero-order valence-corrected chi connectivity index (χ0v) is 13.9. The Morgan fingerprint density at radius 2 is 2.17 bits per heavy atom. The highest BCUT2D eigenvalue weighted by Crippen LogP contribution is 2.52. The highest BCUT2D eigenvalue weighted by atomic mass is 32.2. The number of hydrogen-bond donors (Lipinski definition) is 1. The molecule has 2 fully saturated rings. The molecule has 1 unspecified atom stereocenters. The summed E-state index contributed by atoms with van der Waals surface area (Å²) in [5.41, 5.74) is 1.01. The number of sulfonamides is 1. The van der Waals surface area contributed by atoms with Crippen molar-refractivity contribution in [2.24, 2.45) is 5.41 Å². The van der Waals surface area contributed by atoms with E-state index in [-0.39, 0.29) is 10.3 Å². The van der Waals surface area contributed by atoms with Crippen molar-refractivity contribution >= 4 is 20.9 Å². The van der Waals surface area contributed by atoms with Gasteiger partial charge in [-0.3, -0.25) is 0 Å². The third kappa shape index (κ3) is 2.73. The van der Waals surface area contributed by atoms with Crippen LogP contribution in [0.2, 0.25) is 0 Å². The van der Waals surface area contributed by atoms with E-state index in [1.807, 2.05) is 5.01 Å². The number of nitrogens with one attached hydrogen (secondary N) is 1. The minimum Gasteiger partial charge on any atom is -0.244 e. The van der Waals surface area contributed by atoms with Crippen molar-refractivity contribution in [2.75, 3.05) is 6.54 Å². The molecule has 0 spiro atoms. The molecule has 122 valence electrons. The van der Waals surface area contributed by atoms with Gasteiger partial charge < -0.3 is 0 Å². The number of fused-ring (bicyclic) bond motifs is 1. The Morgan fingerprint density at radius 1 is 1.35 bits per heavy atom. The van der Waals surface area contributed by atoms with Gasteiger partial charge in [0.25, 0.3) is 10.0 Å². The Hall–Kier alpha value is -1.57. The van der Waals surface area contributed by atoms with Gasteiger partial charge in [0.2, 0.25) is 0 Å². The van der Waals surface area contributed by atoms with Crippen LogP contribution in [0.4, 0.5) is 0 Å². The Labute approximate surface area is 136 Å². The molecular weight excluding hydrogens is 312 g/mol. The van der Waals surface area contributed by atoms with Crippen LogP contribution in [0.15, 0.2) is 35.6 Å². The first-order valence-electron chi connectivity index (χ1n) is 7.97. The first kappa shape index (κ1) is 15.0. The van der Waals surface area contributed by atoms with E-state index < -0.39 is 10.0 Å². The number of hydrogen-bond acceptors (Lipinski definition) is 5. The Bertz CT molecular complexity index is 848. The van der Waals surface area contributed by atoms with Crippen molar-refractivity contribution in [2.45, 2.75) is 43.5 Å². The molecule has 1 aliphatic carbocycles. The van der Waals surface area contributed by atoms with Crippen LogP contribution in [-0.4, -0.2) is 36.0 Å². The summed E-state index contributed by atoms with van der Waals surface area (Å²) in [6.07, 6.45) is 7.55. The van der Waals surface area contributed by atoms with Crippen LogP contribution in [0.5, 0.6) is 0 Å². The average molecular weight is 332 g/mol. The normalized spacial score (nSPS) is 24.1. The standard InChI is InChI=1S/C16H20N4O2S/c1-16(6-7-16)15-3-2-8-20(15)19-23(21,22)13-4-5-14-12(9-13)10-17-11-18-14/h4-5,9-11,15,19H,2-3,6-8H2,1H3. The zero-order chi connectivity index (χ0) is 16.1. The molecule has 1 aromatic heterocycles. The van der Waals surface area contributed by atoms with Crippen molar-refractivity contribution in [1.29, 1.82) is 0 Å². The largest absolute Gasteiger partial charge is 0.253 e. The fourth-order valence-electron chi connectivity index (χ4n) is 3.47. The minimum absolute atomic E-state index is 0.256. The van der Waals surface area contributed by atoms with E-state index in [0.717, 1.165) is 30.3 Å². The molecule has 0 radical (unpaired) electrons. The van der Waals surface area contributed by atoms with E-state index in [2.05, 4.69) is 21.7 Å². The minimum atomic E-state index is -3.58. The van der Waals surface area contributed by atoms with Crippen LogP contribution >= 0.6 is 0 Å². The Morgan fingerprint density at radius 3 is 2.96 bits per heavy atom. The number of benzene rings is 1. The third-order valence-corrected chi connectivity index (χ3v) is 6.47. The molecule has 1 atom stereocenters. The van der Waals surface area contributed by atoms with Crippen molar-refractivity contribution in [3.63, 3.8) is 0 Å². The van der Waals surface area contributed by atoms with E-state index in [9.17, 15) is 8.42 Å². The summed E-state index contributed by atoms with van der Waals surface area (Å²) in [5.74, 6) is 0. The maximum Gasteiger partial charge on any atom is 0.253 e. The number of rotatable bonds is 4. The highest BCUT2D eigenvalue weighted by molar-refractivity contribution is 7.89. The topological polar surface area (TPSA) is 75.2 Å². The number of nitrogens with zero attached hydrogens (tertiary/aromatic N) is 3. The molecule has 1 aliphatic heterocycles. The Balaban J connectivity index is 1.61. The average Bonchev–Trinajstić information content (AvgIpc) is 3.11. The summed E-state index contributed by atoms with van der Waals surface area (Å²) in [5, 5.41) is 2.65. The van der Waals surface area contributed by atoms with Crippen LogP contribution < -0.4 is 4.83 Å². The summed E-state index contributed by atoms with van der Waals surface area (Å²) in [4.78, 5) is 11.1. The van der Waals surface area contributed by atoms with Crippen LogP contribution in [0, 0.1) is 5.41 Å². The molecule has 0 bridgehead atoms. The van der Waals surface area contributed by atoms with Crippen LogP contribution in [-0.2, 0) is 10.0 Å². The van der Waals surface area contributed by atoms with Gasteiger partial charge in [0.15, 0.2) is 0 Å². The van der Waals surface area contributed by atoms with Gasteiger partial charge in [0.05, 0.1) is 10.4 Å². The summed E-state index contributed by atoms with van der Waals surface area (Å²) >= 11 is 0. The molecule has 7 heteroatoms. The second kappa shape index (κ2) is 5.22. The second-order valence-electron chi connectivity index (χ2n) is 6.84. The van der Waals surface area contributed by atoms with Gasteiger partial charge in [-0.05, 0) is 49.3 Å². The summed E-state index contributed by atoms with van der Waals surface area (Å²) in [6.45, 7) is 3.02. The SMILES string of the molecule is CC1(C2CCCN2NS(=O)(=O)c2ccc3ncncc3c2)CC1. The summed E-state index contributed by atoms with van der Waals surface area (Å²) in [7, 11) is -3.58. The lowest BCUT2D eigenvalue weighted by atomic mass is 9.97. The molecule has 23 heavy (non-hydrogen) atoms. The lowest BCUT2D eigenvalue weighted by Gasteiger charge is -2.29. The van der Waals surface area contributed by atoms with E-state index in [4.69, 9.17) is 0 Å². The maximum absolute atomic E-state index is 12.7. The van der Waals surface area contributed by atoms with Crippen LogP contribution in [0.1, 0.15) is 32.6 Å². The van der Waals surface area contributed by atoms with E-state index in [1.165, 1.54) is 19.2 Å². The van der Waals surface area contributed by atoms with Gasteiger partial charge in [0, 0.05) is 24.2 Å². The number of aromatic nitrogens is 2. The molecule has 1 saturated carbocycles. The quantitative estimate of drug-likeness (QED) is 0.928. The molecule has 4 rings (SSSR count). The molecule has 2 aromatic rings. The fourth-order valence-corrected chi connectivity index (χ4v) is 4.63. The van der Waals surface area contributed by atoms with E-state index in [1.54, 1.807) is 24.4 Å². The first-order chi connectivity index (χ1) is 11.0. The smallest absolute Gasteiger partial charge is 0.244 e. The molecule has 1 aromatic carbocycles. The molecule has 2 heterocycles. The van der Waals surface area contributed by atoms with Gasteiger partial charge >= 0.3 is 0 Å². The Kier molecular flexibility index (Phi) is 3.40. The second-order valence-corrected chi connectivity index (χ2v) is 8.50.